The lowest BCUT2D eigenvalue weighted by molar-refractivity contribution is 0.102. The molecule has 0 radical (unpaired) electrons. The molecule has 4 aromatic rings. The van der Waals surface area contributed by atoms with Crippen LogP contribution in [0.5, 0.6) is 5.88 Å². The van der Waals surface area contributed by atoms with Crippen molar-refractivity contribution in [3.05, 3.63) is 71.9 Å². The van der Waals surface area contributed by atoms with Crippen LogP contribution in [0.15, 0.2) is 60.8 Å². The molecule has 0 bridgehead atoms. The first kappa shape index (κ1) is 22.2. The van der Waals surface area contributed by atoms with Gasteiger partial charge in [0.1, 0.15) is 5.52 Å². The Morgan fingerprint density at radius 1 is 1.06 bits per heavy atom. The highest BCUT2D eigenvalue weighted by Gasteiger charge is 2.17. The Morgan fingerprint density at radius 3 is 2.45 bits per heavy atom. The van der Waals surface area contributed by atoms with Crippen LogP contribution in [-0.4, -0.2) is 48.1 Å². The van der Waals surface area contributed by atoms with Crippen LogP contribution in [0.4, 0.5) is 9.93 Å². The van der Waals surface area contributed by atoms with Crippen molar-refractivity contribution in [1.82, 2.24) is 14.9 Å². The van der Waals surface area contributed by atoms with E-state index in [0.717, 1.165) is 21.4 Å². The maximum atomic E-state index is 12.8. The Kier molecular flexibility index (Phi) is 6.50. The zero-order valence-electron chi connectivity index (χ0n) is 18.4. The molecule has 0 aliphatic rings. The van der Waals surface area contributed by atoms with E-state index in [1.807, 2.05) is 30.3 Å². The smallest absolute Gasteiger partial charge is 0.409 e. The second kappa shape index (κ2) is 9.66. The standard InChI is InChI=1S/C24H22N4O4S/c1-28(24(30)32-3)14-15-9-11-17(12-10-15)21(29)27-23-26-19-20(33-23)18(13-25-22(19)31-2)16-7-5-4-6-8-16/h4-13H,14H2,1-3H3,(H,26,27,29). The van der Waals surface area contributed by atoms with Gasteiger partial charge >= 0.3 is 6.09 Å². The molecule has 8 nitrogen and oxygen atoms in total. The summed E-state index contributed by atoms with van der Waals surface area (Å²) in [5, 5.41) is 3.32. The number of hydrogen-bond donors (Lipinski definition) is 1. The van der Waals surface area contributed by atoms with Gasteiger partial charge in [-0.25, -0.2) is 14.8 Å². The highest BCUT2D eigenvalue weighted by atomic mass is 32.1. The van der Waals surface area contributed by atoms with Gasteiger partial charge in [-0.1, -0.05) is 53.8 Å². The topological polar surface area (TPSA) is 93.7 Å². The van der Waals surface area contributed by atoms with E-state index in [-0.39, 0.29) is 5.91 Å². The minimum absolute atomic E-state index is 0.282. The highest BCUT2D eigenvalue weighted by molar-refractivity contribution is 7.23. The van der Waals surface area contributed by atoms with Crippen molar-refractivity contribution in [3.8, 4) is 17.0 Å². The monoisotopic (exact) mass is 462 g/mol. The van der Waals surface area contributed by atoms with Gasteiger partial charge in [-0.05, 0) is 23.3 Å². The van der Waals surface area contributed by atoms with Gasteiger partial charge in [0.25, 0.3) is 5.91 Å². The van der Waals surface area contributed by atoms with E-state index < -0.39 is 6.09 Å². The van der Waals surface area contributed by atoms with Crippen LogP contribution in [0.3, 0.4) is 0 Å². The average molecular weight is 463 g/mol. The fourth-order valence-electron chi connectivity index (χ4n) is 3.34. The lowest BCUT2D eigenvalue weighted by Gasteiger charge is -2.15. The van der Waals surface area contributed by atoms with Crippen LogP contribution >= 0.6 is 11.3 Å². The Morgan fingerprint density at radius 2 is 1.79 bits per heavy atom. The fraction of sp³-hybridized carbons (Fsp3) is 0.167. The molecule has 168 valence electrons. The zero-order chi connectivity index (χ0) is 23.4. The molecule has 2 amide bonds. The van der Waals surface area contributed by atoms with Gasteiger partial charge in [0, 0.05) is 30.9 Å². The molecule has 1 N–H and O–H groups in total. The van der Waals surface area contributed by atoms with E-state index in [9.17, 15) is 9.59 Å². The number of carbonyl (C=O) groups is 2. The molecule has 0 fully saturated rings. The molecule has 0 spiro atoms. The SMILES string of the molecule is COC(=O)N(C)Cc1ccc(C(=O)Nc2nc3c(OC)ncc(-c4ccccc4)c3s2)cc1. The quantitative estimate of drug-likeness (QED) is 0.442. The second-order valence-electron chi connectivity index (χ2n) is 7.22. The second-order valence-corrected chi connectivity index (χ2v) is 8.22. The van der Waals surface area contributed by atoms with E-state index in [0.29, 0.717) is 28.6 Å². The summed E-state index contributed by atoms with van der Waals surface area (Å²) in [4.78, 5) is 34.7. The molecular formula is C24H22N4O4S. The molecule has 2 aromatic carbocycles. The van der Waals surface area contributed by atoms with Crippen molar-refractivity contribution in [2.24, 2.45) is 0 Å². The Hall–Kier alpha value is -3.98. The van der Waals surface area contributed by atoms with Gasteiger partial charge in [-0.2, -0.15) is 0 Å². The molecule has 2 heterocycles. The molecule has 0 aliphatic heterocycles. The van der Waals surface area contributed by atoms with Crippen LogP contribution in [0.25, 0.3) is 21.3 Å². The first-order valence-corrected chi connectivity index (χ1v) is 10.9. The third-order valence-electron chi connectivity index (χ3n) is 5.01. The van der Waals surface area contributed by atoms with Crippen LogP contribution in [0, 0.1) is 0 Å². The number of anilines is 1. The molecule has 0 unspecified atom stereocenters. The summed E-state index contributed by atoms with van der Waals surface area (Å²) in [5.74, 6) is 0.121. The Labute approximate surface area is 194 Å². The number of thiazole rings is 1. The number of aromatic nitrogens is 2. The van der Waals surface area contributed by atoms with Gasteiger partial charge < -0.3 is 14.4 Å². The summed E-state index contributed by atoms with van der Waals surface area (Å²) in [7, 11) is 4.52. The van der Waals surface area contributed by atoms with Crippen LogP contribution in [0.2, 0.25) is 0 Å². The van der Waals surface area contributed by atoms with E-state index in [1.54, 1.807) is 44.6 Å². The van der Waals surface area contributed by atoms with Crippen molar-refractivity contribution in [2.45, 2.75) is 6.54 Å². The molecule has 9 heteroatoms. The van der Waals surface area contributed by atoms with Crippen molar-refractivity contribution < 1.29 is 19.1 Å². The maximum absolute atomic E-state index is 12.8. The molecule has 0 aliphatic carbocycles. The van der Waals surface area contributed by atoms with E-state index in [2.05, 4.69) is 15.3 Å². The fourth-order valence-corrected chi connectivity index (χ4v) is 4.33. The number of pyridine rings is 1. The van der Waals surface area contributed by atoms with Crippen molar-refractivity contribution in [1.29, 1.82) is 0 Å². The van der Waals surface area contributed by atoms with Gasteiger partial charge in [-0.15, -0.1) is 0 Å². The number of methoxy groups -OCH3 is 2. The number of ether oxygens (including phenoxy) is 2. The number of benzene rings is 2. The first-order chi connectivity index (χ1) is 16.0. The minimum atomic E-state index is -0.424. The lowest BCUT2D eigenvalue weighted by atomic mass is 10.1. The maximum Gasteiger partial charge on any atom is 0.409 e. The Bertz CT molecular complexity index is 1290. The van der Waals surface area contributed by atoms with Gasteiger partial charge in [-0.3, -0.25) is 10.1 Å². The van der Waals surface area contributed by atoms with Gasteiger partial charge in [0.05, 0.1) is 18.9 Å². The molecule has 33 heavy (non-hydrogen) atoms. The molecule has 0 saturated carbocycles. The van der Waals surface area contributed by atoms with Crippen molar-refractivity contribution >= 4 is 38.7 Å². The summed E-state index contributed by atoms with van der Waals surface area (Å²) in [6.45, 7) is 0.376. The van der Waals surface area contributed by atoms with Gasteiger partial charge in [0.15, 0.2) is 5.13 Å². The highest BCUT2D eigenvalue weighted by Crippen LogP contribution is 2.38. The number of rotatable bonds is 6. The van der Waals surface area contributed by atoms with Crippen LogP contribution < -0.4 is 10.1 Å². The largest absolute Gasteiger partial charge is 0.479 e. The third kappa shape index (κ3) is 4.78. The van der Waals surface area contributed by atoms with Crippen LogP contribution in [0.1, 0.15) is 15.9 Å². The number of nitrogens with zero attached hydrogens (tertiary/aromatic N) is 3. The number of fused-ring (bicyclic) bond motifs is 1. The molecule has 4 rings (SSSR count). The Balaban J connectivity index is 1.56. The van der Waals surface area contributed by atoms with Gasteiger partial charge in [0.2, 0.25) is 5.88 Å². The zero-order valence-corrected chi connectivity index (χ0v) is 19.2. The number of carbonyl (C=O) groups excluding carboxylic acids is 2. The van der Waals surface area contributed by atoms with E-state index in [4.69, 9.17) is 9.47 Å². The number of amides is 2. The summed E-state index contributed by atoms with van der Waals surface area (Å²) in [6, 6.07) is 16.9. The summed E-state index contributed by atoms with van der Waals surface area (Å²) in [5.41, 5.74) is 3.88. The van der Waals surface area contributed by atoms with Crippen molar-refractivity contribution in [3.63, 3.8) is 0 Å². The summed E-state index contributed by atoms with van der Waals surface area (Å²) < 4.78 is 10.9. The lowest BCUT2D eigenvalue weighted by Crippen LogP contribution is -2.25. The first-order valence-electron chi connectivity index (χ1n) is 10.1. The third-order valence-corrected chi connectivity index (χ3v) is 6.01. The molecule has 0 saturated heterocycles. The number of hydrogen-bond acceptors (Lipinski definition) is 7. The average Bonchev–Trinajstić information content (AvgIpc) is 3.27. The normalized spacial score (nSPS) is 10.6. The number of nitrogens with one attached hydrogen (secondary N) is 1. The predicted molar refractivity (Wildman–Crippen MR) is 128 cm³/mol. The van der Waals surface area contributed by atoms with Crippen LogP contribution in [-0.2, 0) is 11.3 Å². The molecular weight excluding hydrogens is 440 g/mol. The minimum Gasteiger partial charge on any atom is -0.479 e. The summed E-state index contributed by atoms with van der Waals surface area (Å²) in [6.07, 6.45) is 1.33. The summed E-state index contributed by atoms with van der Waals surface area (Å²) >= 11 is 1.37. The van der Waals surface area contributed by atoms with E-state index >= 15 is 0 Å². The van der Waals surface area contributed by atoms with Crippen molar-refractivity contribution in [2.75, 3.05) is 26.6 Å². The molecule has 2 aromatic heterocycles. The molecule has 0 atom stereocenters. The predicted octanol–water partition coefficient (Wildman–Crippen LogP) is 4.82. The van der Waals surface area contributed by atoms with E-state index in [1.165, 1.54) is 23.3 Å².